The average Bonchev–Trinajstić information content (AvgIpc) is 2.35. The van der Waals surface area contributed by atoms with E-state index in [-0.39, 0.29) is 5.69 Å². The molecular weight excluding hydrogens is 283 g/mol. The van der Waals surface area contributed by atoms with Crippen molar-refractivity contribution in [2.45, 2.75) is 29.8 Å². The molecule has 2 rings (SSSR count). The zero-order valence-electron chi connectivity index (χ0n) is 11.1. The number of aryl methyl sites for hydroxylation is 2. The topological polar surface area (TPSA) is 26.0 Å². The Hall–Kier alpha value is -1.62. The van der Waals surface area contributed by atoms with Gasteiger partial charge in [0.05, 0.1) is 5.56 Å². The molecule has 0 heterocycles. The molecule has 0 aliphatic rings. The van der Waals surface area contributed by atoms with Crippen LogP contribution in [0.2, 0.25) is 0 Å². The number of hydrogen-bond acceptors (Lipinski definition) is 2. The number of rotatable bonds is 2. The van der Waals surface area contributed by atoms with Gasteiger partial charge >= 0.3 is 6.18 Å². The third-order valence-corrected chi connectivity index (χ3v) is 4.02. The summed E-state index contributed by atoms with van der Waals surface area (Å²) in [5.41, 5.74) is 6.62. The van der Waals surface area contributed by atoms with E-state index in [9.17, 15) is 13.2 Å². The molecule has 0 unspecified atom stereocenters. The van der Waals surface area contributed by atoms with E-state index >= 15 is 0 Å². The van der Waals surface area contributed by atoms with Gasteiger partial charge in [-0.15, -0.1) is 0 Å². The van der Waals surface area contributed by atoms with E-state index in [0.29, 0.717) is 4.90 Å². The molecule has 0 saturated heterocycles. The molecule has 0 bridgehead atoms. The van der Waals surface area contributed by atoms with Crippen LogP contribution in [0.15, 0.2) is 46.2 Å². The highest BCUT2D eigenvalue weighted by Gasteiger charge is 2.33. The smallest absolute Gasteiger partial charge is 0.398 e. The number of nitrogen functional groups attached to an aromatic ring is 1. The van der Waals surface area contributed by atoms with Crippen LogP contribution in [0.3, 0.4) is 0 Å². The maximum absolute atomic E-state index is 12.8. The van der Waals surface area contributed by atoms with E-state index in [1.165, 1.54) is 17.8 Å². The van der Waals surface area contributed by atoms with Gasteiger partial charge in [-0.05, 0) is 55.3 Å². The van der Waals surface area contributed by atoms with Crippen LogP contribution in [0, 0.1) is 13.8 Å². The molecule has 5 heteroatoms. The minimum Gasteiger partial charge on any atom is -0.398 e. The minimum atomic E-state index is -4.43. The third kappa shape index (κ3) is 3.28. The molecule has 106 valence electrons. The van der Waals surface area contributed by atoms with E-state index in [2.05, 4.69) is 0 Å². The fourth-order valence-electron chi connectivity index (χ4n) is 1.76. The molecule has 0 atom stereocenters. The maximum Gasteiger partial charge on any atom is 0.418 e. The van der Waals surface area contributed by atoms with Crippen LogP contribution in [-0.4, -0.2) is 0 Å². The Bertz CT molecular complexity index is 636. The highest BCUT2D eigenvalue weighted by molar-refractivity contribution is 7.99. The van der Waals surface area contributed by atoms with Gasteiger partial charge < -0.3 is 5.73 Å². The first-order valence-corrected chi connectivity index (χ1v) is 6.81. The van der Waals surface area contributed by atoms with Crippen molar-refractivity contribution in [3.05, 3.63) is 53.1 Å². The summed E-state index contributed by atoms with van der Waals surface area (Å²) in [5.74, 6) is 0. The number of halogens is 3. The summed E-state index contributed by atoms with van der Waals surface area (Å²) in [4.78, 5) is 1.43. The van der Waals surface area contributed by atoms with Gasteiger partial charge in [0, 0.05) is 15.5 Å². The van der Waals surface area contributed by atoms with Crippen molar-refractivity contribution in [2.24, 2.45) is 0 Å². The van der Waals surface area contributed by atoms with Crippen molar-refractivity contribution in [1.82, 2.24) is 0 Å². The zero-order valence-corrected chi connectivity index (χ0v) is 11.9. The van der Waals surface area contributed by atoms with Gasteiger partial charge in [0.2, 0.25) is 0 Å². The molecule has 2 N–H and O–H groups in total. The predicted molar refractivity (Wildman–Crippen MR) is 75.9 cm³/mol. The van der Waals surface area contributed by atoms with Crippen molar-refractivity contribution in [3.8, 4) is 0 Å². The van der Waals surface area contributed by atoms with Crippen LogP contribution in [0.5, 0.6) is 0 Å². The molecule has 0 fully saturated rings. The molecule has 0 aromatic heterocycles. The third-order valence-electron chi connectivity index (χ3n) is 3.04. The summed E-state index contributed by atoms with van der Waals surface area (Å²) in [5, 5.41) is 0. The Balaban J connectivity index is 2.32. The standard InChI is InChI=1S/C15H14F3NS/c1-9-3-4-11(7-10(9)2)20-12-5-6-14(19)13(8-12)15(16,17)18/h3-8H,19H2,1-2H3. The molecule has 2 aromatic carbocycles. The quantitative estimate of drug-likeness (QED) is 0.784. The largest absolute Gasteiger partial charge is 0.418 e. The van der Waals surface area contributed by atoms with Crippen LogP contribution in [0.1, 0.15) is 16.7 Å². The van der Waals surface area contributed by atoms with Gasteiger partial charge in [0.15, 0.2) is 0 Å². The fourth-order valence-corrected chi connectivity index (χ4v) is 2.71. The van der Waals surface area contributed by atoms with Gasteiger partial charge in [0.1, 0.15) is 0 Å². The summed E-state index contributed by atoms with van der Waals surface area (Å²) in [6, 6.07) is 9.81. The lowest BCUT2D eigenvalue weighted by Gasteiger charge is -2.12. The van der Waals surface area contributed by atoms with E-state index < -0.39 is 11.7 Å². The number of anilines is 1. The highest BCUT2D eigenvalue weighted by Crippen LogP contribution is 2.37. The van der Waals surface area contributed by atoms with Crippen molar-refractivity contribution >= 4 is 17.4 Å². The monoisotopic (exact) mass is 297 g/mol. The van der Waals surface area contributed by atoms with Gasteiger partial charge in [-0.2, -0.15) is 13.2 Å². The SMILES string of the molecule is Cc1ccc(Sc2ccc(N)c(C(F)(F)F)c2)cc1C. The normalized spacial score (nSPS) is 11.7. The molecular formula is C15H14F3NS. The van der Waals surface area contributed by atoms with Gasteiger partial charge in [-0.25, -0.2) is 0 Å². The molecule has 0 aliphatic heterocycles. The van der Waals surface area contributed by atoms with Crippen molar-refractivity contribution in [2.75, 3.05) is 5.73 Å². The van der Waals surface area contributed by atoms with E-state index in [0.717, 1.165) is 22.1 Å². The molecule has 1 nitrogen and oxygen atoms in total. The van der Waals surface area contributed by atoms with Crippen LogP contribution in [-0.2, 0) is 6.18 Å². The number of nitrogens with two attached hydrogens (primary N) is 1. The van der Waals surface area contributed by atoms with E-state index in [4.69, 9.17) is 5.73 Å². The Morgan fingerprint density at radius 3 is 2.10 bits per heavy atom. The zero-order chi connectivity index (χ0) is 14.9. The summed E-state index contributed by atoms with van der Waals surface area (Å²) < 4.78 is 38.4. The van der Waals surface area contributed by atoms with Crippen LogP contribution < -0.4 is 5.73 Å². The lowest BCUT2D eigenvalue weighted by Crippen LogP contribution is -2.08. The number of benzene rings is 2. The van der Waals surface area contributed by atoms with Gasteiger partial charge in [-0.3, -0.25) is 0 Å². The lowest BCUT2D eigenvalue weighted by atomic mass is 10.1. The first-order valence-electron chi connectivity index (χ1n) is 5.99. The summed E-state index contributed by atoms with van der Waals surface area (Å²) in [6.45, 7) is 3.97. The lowest BCUT2D eigenvalue weighted by molar-refractivity contribution is -0.137. The number of alkyl halides is 3. The second kappa shape index (κ2) is 5.40. The van der Waals surface area contributed by atoms with Crippen LogP contribution in [0.4, 0.5) is 18.9 Å². The second-order valence-electron chi connectivity index (χ2n) is 4.59. The van der Waals surface area contributed by atoms with E-state index in [1.54, 1.807) is 6.07 Å². The highest BCUT2D eigenvalue weighted by atomic mass is 32.2. The predicted octanol–water partition coefficient (Wildman–Crippen LogP) is 5.06. The molecule has 20 heavy (non-hydrogen) atoms. The van der Waals surface area contributed by atoms with E-state index in [1.807, 2.05) is 32.0 Å². The molecule has 0 amide bonds. The van der Waals surface area contributed by atoms with Crippen molar-refractivity contribution in [1.29, 1.82) is 0 Å². The Morgan fingerprint density at radius 2 is 1.50 bits per heavy atom. The van der Waals surface area contributed by atoms with Gasteiger partial charge in [-0.1, -0.05) is 17.8 Å². The molecule has 0 radical (unpaired) electrons. The van der Waals surface area contributed by atoms with Crippen LogP contribution in [0.25, 0.3) is 0 Å². The maximum atomic E-state index is 12.8. The Kier molecular flexibility index (Phi) is 3.99. The summed E-state index contributed by atoms with van der Waals surface area (Å²) >= 11 is 1.29. The number of hydrogen-bond donors (Lipinski definition) is 1. The molecule has 2 aromatic rings. The second-order valence-corrected chi connectivity index (χ2v) is 5.74. The minimum absolute atomic E-state index is 0.248. The Morgan fingerprint density at radius 1 is 0.900 bits per heavy atom. The summed E-state index contributed by atoms with van der Waals surface area (Å²) in [7, 11) is 0. The fraction of sp³-hybridized carbons (Fsp3) is 0.200. The first kappa shape index (κ1) is 14.8. The first-order chi connectivity index (χ1) is 9.27. The molecule has 0 saturated carbocycles. The van der Waals surface area contributed by atoms with Crippen molar-refractivity contribution < 1.29 is 13.2 Å². The summed E-state index contributed by atoms with van der Waals surface area (Å²) in [6.07, 6.45) is -4.43. The Labute approximate surface area is 120 Å². The van der Waals surface area contributed by atoms with Crippen molar-refractivity contribution in [3.63, 3.8) is 0 Å². The molecule has 0 aliphatic carbocycles. The van der Waals surface area contributed by atoms with Crippen LogP contribution >= 0.6 is 11.8 Å². The average molecular weight is 297 g/mol. The van der Waals surface area contributed by atoms with Gasteiger partial charge in [0.25, 0.3) is 0 Å². The molecule has 0 spiro atoms.